The molecule has 19 heavy (non-hydrogen) atoms. The Kier molecular flexibility index (Phi) is 2.55. The van der Waals surface area contributed by atoms with E-state index in [1.165, 1.54) is 16.8 Å². The Morgan fingerprint density at radius 1 is 1.42 bits per heavy atom. The molecule has 2 heterocycles. The first-order valence-electron chi connectivity index (χ1n) is 5.35. The number of halogens is 1. The van der Waals surface area contributed by atoms with Crippen LogP contribution < -0.4 is 0 Å². The standard InChI is InChI=1S/C10H8ClN3O4S/c11-7-2-9-8(1-6(7)10(15)16)12-13-14(9)5-3-19(17,18)4-5/h1-2,5H,3-4H2,(H,15,16). The lowest BCUT2D eigenvalue weighted by Gasteiger charge is -2.25. The number of carboxylic acid groups (broad SMARTS) is 1. The van der Waals surface area contributed by atoms with Crippen LogP contribution in [0.2, 0.25) is 5.02 Å². The zero-order valence-corrected chi connectivity index (χ0v) is 11.0. The third-order valence-corrected chi connectivity index (χ3v) is 5.13. The molecular weight excluding hydrogens is 294 g/mol. The SMILES string of the molecule is O=C(O)c1cc2nnn(C3CS(=O)(=O)C3)c2cc1Cl. The molecule has 0 radical (unpaired) electrons. The van der Waals surface area contributed by atoms with Gasteiger partial charge in [-0.15, -0.1) is 5.10 Å². The van der Waals surface area contributed by atoms with Gasteiger partial charge in [-0.1, -0.05) is 16.8 Å². The smallest absolute Gasteiger partial charge is 0.337 e. The summed E-state index contributed by atoms with van der Waals surface area (Å²) >= 11 is 5.88. The number of carbonyl (C=O) groups is 1. The van der Waals surface area contributed by atoms with E-state index in [4.69, 9.17) is 16.7 Å². The number of hydrogen-bond donors (Lipinski definition) is 1. The molecule has 7 nitrogen and oxygen atoms in total. The summed E-state index contributed by atoms with van der Waals surface area (Å²) in [6.45, 7) is 0. The van der Waals surface area contributed by atoms with Gasteiger partial charge in [0.05, 0.1) is 33.7 Å². The fourth-order valence-corrected chi connectivity index (χ4v) is 3.67. The Hall–Kier alpha value is -1.67. The molecule has 0 bridgehead atoms. The van der Waals surface area contributed by atoms with Gasteiger partial charge in [-0.05, 0) is 12.1 Å². The number of carboxylic acids is 1. The molecule has 1 N–H and O–H groups in total. The molecule has 100 valence electrons. The summed E-state index contributed by atoms with van der Waals surface area (Å²) in [5.41, 5.74) is 0.864. The van der Waals surface area contributed by atoms with Crippen molar-refractivity contribution in [1.29, 1.82) is 0 Å². The Morgan fingerprint density at radius 3 is 2.68 bits per heavy atom. The molecule has 0 spiro atoms. The number of benzene rings is 1. The van der Waals surface area contributed by atoms with Crippen LogP contribution in [-0.2, 0) is 9.84 Å². The summed E-state index contributed by atoms with van der Waals surface area (Å²) in [5, 5.41) is 16.7. The highest BCUT2D eigenvalue weighted by molar-refractivity contribution is 7.92. The lowest BCUT2D eigenvalue weighted by Crippen LogP contribution is -2.38. The van der Waals surface area contributed by atoms with Crippen LogP contribution in [0.5, 0.6) is 0 Å². The van der Waals surface area contributed by atoms with Crippen LogP contribution in [0.15, 0.2) is 12.1 Å². The highest BCUT2D eigenvalue weighted by Crippen LogP contribution is 2.29. The molecule has 9 heteroatoms. The van der Waals surface area contributed by atoms with Gasteiger partial charge in [0.15, 0.2) is 9.84 Å². The number of fused-ring (bicyclic) bond motifs is 1. The van der Waals surface area contributed by atoms with Gasteiger partial charge in [-0.2, -0.15) is 0 Å². The van der Waals surface area contributed by atoms with Gasteiger partial charge in [0.25, 0.3) is 0 Å². The van der Waals surface area contributed by atoms with Crippen LogP contribution in [0.1, 0.15) is 16.4 Å². The summed E-state index contributed by atoms with van der Waals surface area (Å²) in [6, 6.07) is 2.52. The topological polar surface area (TPSA) is 102 Å². The second-order valence-electron chi connectivity index (χ2n) is 4.39. The summed E-state index contributed by atoms with van der Waals surface area (Å²) in [7, 11) is -2.97. The van der Waals surface area contributed by atoms with Crippen molar-refractivity contribution in [2.45, 2.75) is 6.04 Å². The largest absolute Gasteiger partial charge is 0.478 e. The number of rotatable bonds is 2. The van der Waals surface area contributed by atoms with Gasteiger partial charge >= 0.3 is 5.97 Å². The average Bonchev–Trinajstić information content (AvgIpc) is 2.66. The van der Waals surface area contributed by atoms with Gasteiger partial charge in [-0.25, -0.2) is 17.9 Å². The normalized spacial score (nSPS) is 18.4. The Morgan fingerprint density at radius 2 is 2.11 bits per heavy atom. The molecule has 1 saturated heterocycles. The molecule has 0 amide bonds. The minimum absolute atomic E-state index is 0.0176. The zero-order chi connectivity index (χ0) is 13.8. The Balaban J connectivity index is 2.09. The fourth-order valence-electron chi connectivity index (χ4n) is 2.07. The van der Waals surface area contributed by atoms with Gasteiger partial charge in [0.1, 0.15) is 5.52 Å². The molecule has 0 aliphatic carbocycles. The minimum atomic E-state index is -2.97. The van der Waals surface area contributed by atoms with Crippen LogP contribution in [-0.4, -0.2) is 46.0 Å². The molecular formula is C10H8ClN3O4S. The van der Waals surface area contributed by atoms with Crippen molar-refractivity contribution in [1.82, 2.24) is 15.0 Å². The molecule has 1 aliphatic heterocycles. The first-order chi connectivity index (χ1) is 8.87. The van der Waals surface area contributed by atoms with Gasteiger partial charge in [0, 0.05) is 0 Å². The van der Waals surface area contributed by atoms with Gasteiger partial charge in [-0.3, -0.25) is 0 Å². The molecule has 1 aliphatic rings. The number of sulfone groups is 1. The van der Waals surface area contributed by atoms with E-state index in [1.54, 1.807) is 0 Å². The van der Waals surface area contributed by atoms with Crippen LogP contribution in [0, 0.1) is 0 Å². The second kappa shape index (κ2) is 3.91. The minimum Gasteiger partial charge on any atom is -0.478 e. The highest BCUT2D eigenvalue weighted by Gasteiger charge is 2.36. The molecule has 0 atom stereocenters. The van der Waals surface area contributed by atoms with Crippen molar-refractivity contribution in [2.75, 3.05) is 11.5 Å². The van der Waals surface area contributed by atoms with Crippen LogP contribution in [0.4, 0.5) is 0 Å². The predicted molar refractivity (Wildman–Crippen MR) is 67.2 cm³/mol. The van der Waals surface area contributed by atoms with Crippen molar-refractivity contribution in [3.63, 3.8) is 0 Å². The number of aromatic carboxylic acids is 1. The maximum Gasteiger partial charge on any atom is 0.337 e. The summed E-state index contributed by atoms with van der Waals surface area (Å²) in [5.74, 6) is -1.11. The first-order valence-corrected chi connectivity index (χ1v) is 7.55. The van der Waals surface area contributed by atoms with Crippen molar-refractivity contribution in [3.8, 4) is 0 Å². The van der Waals surface area contributed by atoms with Crippen molar-refractivity contribution >= 4 is 38.4 Å². The lowest BCUT2D eigenvalue weighted by molar-refractivity contribution is 0.0697. The molecule has 1 aromatic carbocycles. The van der Waals surface area contributed by atoms with E-state index in [0.717, 1.165) is 0 Å². The average molecular weight is 302 g/mol. The molecule has 1 fully saturated rings. The Bertz CT molecular complexity index is 786. The summed E-state index contributed by atoms with van der Waals surface area (Å²) in [4.78, 5) is 10.9. The number of aromatic nitrogens is 3. The van der Waals surface area contributed by atoms with Crippen LogP contribution in [0.25, 0.3) is 11.0 Å². The van der Waals surface area contributed by atoms with Crippen LogP contribution in [0.3, 0.4) is 0 Å². The zero-order valence-electron chi connectivity index (χ0n) is 9.45. The molecule has 2 aromatic rings. The summed E-state index contributed by atoms with van der Waals surface area (Å²) < 4.78 is 23.8. The molecule has 0 unspecified atom stereocenters. The first kappa shape index (κ1) is 12.4. The number of nitrogens with zero attached hydrogens (tertiary/aromatic N) is 3. The third kappa shape index (κ3) is 1.96. The van der Waals surface area contributed by atoms with E-state index >= 15 is 0 Å². The van der Waals surface area contributed by atoms with E-state index in [1.807, 2.05) is 0 Å². The Labute approximate surface area is 112 Å². The maximum atomic E-state index is 11.2. The van der Waals surface area contributed by atoms with E-state index < -0.39 is 15.8 Å². The summed E-state index contributed by atoms with van der Waals surface area (Å²) in [6.07, 6.45) is 0. The molecule has 0 saturated carbocycles. The number of hydrogen-bond acceptors (Lipinski definition) is 5. The van der Waals surface area contributed by atoms with Gasteiger partial charge in [0.2, 0.25) is 0 Å². The molecule has 1 aromatic heterocycles. The van der Waals surface area contributed by atoms with E-state index in [-0.39, 0.29) is 28.1 Å². The van der Waals surface area contributed by atoms with Crippen molar-refractivity contribution in [2.24, 2.45) is 0 Å². The van der Waals surface area contributed by atoms with E-state index in [9.17, 15) is 13.2 Å². The van der Waals surface area contributed by atoms with Crippen molar-refractivity contribution in [3.05, 3.63) is 22.7 Å². The van der Waals surface area contributed by atoms with E-state index in [2.05, 4.69) is 10.3 Å². The quantitative estimate of drug-likeness (QED) is 0.878. The predicted octanol–water partition coefficient (Wildman–Crippen LogP) is 0.752. The second-order valence-corrected chi connectivity index (χ2v) is 6.95. The van der Waals surface area contributed by atoms with Gasteiger partial charge < -0.3 is 5.11 Å². The monoisotopic (exact) mass is 301 g/mol. The maximum absolute atomic E-state index is 11.2. The lowest BCUT2D eigenvalue weighted by atomic mass is 10.2. The van der Waals surface area contributed by atoms with Crippen LogP contribution >= 0.6 is 11.6 Å². The third-order valence-electron chi connectivity index (χ3n) is 3.03. The molecule has 3 rings (SSSR count). The van der Waals surface area contributed by atoms with Crippen molar-refractivity contribution < 1.29 is 18.3 Å². The fraction of sp³-hybridized carbons (Fsp3) is 0.300. The van der Waals surface area contributed by atoms with E-state index in [0.29, 0.717) is 11.0 Å². The highest BCUT2D eigenvalue weighted by atomic mass is 35.5.